The van der Waals surface area contributed by atoms with Crippen molar-refractivity contribution >= 4 is 16.2 Å². The Morgan fingerprint density at radius 1 is 1.38 bits per heavy atom. The Labute approximate surface area is 98.1 Å². The molecule has 94 valence electrons. The van der Waals surface area contributed by atoms with Crippen LogP contribution in [0.3, 0.4) is 0 Å². The molecule has 0 aliphatic carbocycles. The van der Waals surface area contributed by atoms with Crippen molar-refractivity contribution in [2.24, 2.45) is 5.73 Å². The first-order chi connectivity index (χ1) is 7.45. The molecular formula is C9H19NO5Si. The van der Waals surface area contributed by atoms with Gasteiger partial charge in [0, 0.05) is 27.4 Å². The second-order valence-electron chi connectivity index (χ2n) is 3.14. The lowest BCUT2D eigenvalue weighted by Gasteiger charge is -2.43. The molecule has 0 fully saturated rings. The molecular weight excluding hydrogens is 230 g/mol. The van der Waals surface area contributed by atoms with E-state index < -0.39 is 17.2 Å². The van der Waals surface area contributed by atoms with E-state index >= 15 is 0 Å². The number of rotatable bonds is 7. The van der Waals surface area contributed by atoms with Crippen molar-refractivity contribution in [1.82, 2.24) is 0 Å². The lowest BCUT2D eigenvalue weighted by atomic mass is 10.2. The normalized spacial score (nSPS) is 15.5. The Bertz CT molecular complexity index is 248. The lowest BCUT2D eigenvalue weighted by Crippen LogP contribution is -2.64. The predicted octanol–water partition coefficient (Wildman–Crippen LogP) is -1.67. The Kier molecular flexibility index (Phi) is 5.83. The van der Waals surface area contributed by atoms with Crippen molar-refractivity contribution in [2.45, 2.75) is 11.2 Å². The number of methoxy groups -OCH3 is 3. The van der Waals surface area contributed by atoms with Crippen LogP contribution in [0.1, 0.15) is 0 Å². The van der Waals surface area contributed by atoms with Crippen LogP contribution < -0.4 is 5.73 Å². The minimum absolute atomic E-state index is 0.0121. The van der Waals surface area contributed by atoms with E-state index in [2.05, 4.69) is 6.58 Å². The van der Waals surface area contributed by atoms with E-state index in [4.69, 9.17) is 24.7 Å². The number of ether oxygens (including phenoxy) is 4. The van der Waals surface area contributed by atoms with Crippen LogP contribution in [0.2, 0.25) is 0 Å². The third kappa shape index (κ3) is 2.69. The molecule has 0 heterocycles. The first-order valence-electron chi connectivity index (χ1n) is 4.66. The number of hydrogen-bond acceptors (Lipinski definition) is 6. The standard InChI is InChI=1S/C9H19NO5Si/c1-5-7(11)15-9(16,14-4)8(6-10,12-2)13-3/h5H,1,6,10H2,2-4,16H3. The highest BCUT2D eigenvalue weighted by Gasteiger charge is 2.52. The Hall–Kier alpha value is -0.733. The quantitative estimate of drug-likeness (QED) is 0.251. The fourth-order valence-corrected chi connectivity index (χ4v) is 2.13. The maximum absolute atomic E-state index is 11.2. The summed E-state index contributed by atoms with van der Waals surface area (Å²) in [5, 5.41) is 0. The first kappa shape index (κ1) is 15.3. The fraction of sp³-hybridized carbons (Fsp3) is 0.667. The largest absolute Gasteiger partial charge is 0.429 e. The number of carbonyl (C=O) groups excluding carboxylic acids is 1. The molecule has 0 saturated heterocycles. The van der Waals surface area contributed by atoms with E-state index in [1.807, 2.05) is 0 Å². The Balaban J connectivity index is 5.16. The Morgan fingerprint density at radius 3 is 2.12 bits per heavy atom. The van der Waals surface area contributed by atoms with Gasteiger partial charge in [0.1, 0.15) is 10.2 Å². The SMILES string of the molecule is C=CC(=O)OC([SiH3])(OC)C(CN)(OC)OC. The highest BCUT2D eigenvalue weighted by Crippen LogP contribution is 2.28. The number of nitrogens with two attached hydrogens (primary N) is 1. The van der Waals surface area contributed by atoms with Gasteiger partial charge in [0.15, 0.2) is 0 Å². The molecule has 0 aromatic rings. The second kappa shape index (κ2) is 6.11. The summed E-state index contributed by atoms with van der Waals surface area (Å²) in [4.78, 5) is 11.2. The van der Waals surface area contributed by atoms with Gasteiger partial charge in [-0.3, -0.25) is 0 Å². The van der Waals surface area contributed by atoms with Gasteiger partial charge in [0.25, 0.3) is 0 Å². The molecule has 7 heteroatoms. The van der Waals surface area contributed by atoms with E-state index in [1.165, 1.54) is 21.3 Å². The van der Waals surface area contributed by atoms with Crippen LogP contribution in [0.15, 0.2) is 12.7 Å². The summed E-state index contributed by atoms with van der Waals surface area (Å²) in [7, 11) is 4.52. The smallest absolute Gasteiger partial charge is 0.332 e. The predicted molar refractivity (Wildman–Crippen MR) is 61.8 cm³/mol. The highest BCUT2D eigenvalue weighted by molar-refractivity contribution is 6.15. The van der Waals surface area contributed by atoms with E-state index in [1.54, 1.807) is 0 Å². The zero-order chi connectivity index (χ0) is 12.8. The van der Waals surface area contributed by atoms with Crippen molar-refractivity contribution in [2.75, 3.05) is 27.9 Å². The van der Waals surface area contributed by atoms with Crippen LogP contribution in [-0.2, 0) is 23.7 Å². The monoisotopic (exact) mass is 249 g/mol. The van der Waals surface area contributed by atoms with Gasteiger partial charge >= 0.3 is 5.97 Å². The van der Waals surface area contributed by atoms with Gasteiger partial charge in [-0.25, -0.2) is 4.79 Å². The molecule has 0 aromatic heterocycles. The third-order valence-corrected chi connectivity index (χ3v) is 3.85. The van der Waals surface area contributed by atoms with Crippen LogP contribution in [0.4, 0.5) is 0 Å². The average molecular weight is 249 g/mol. The highest BCUT2D eigenvalue weighted by atomic mass is 28.1. The number of carbonyl (C=O) groups is 1. The zero-order valence-corrected chi connectivity index (χ0v) is 12.1. The van der Waals surface area contributed by atoms with Gasteiger partial charge in [-0.05, 0) is 0 Å². The molecule has 0 spiro atoms. The summed E-state index contributed by atoms with van der Waals surface area (Å²) < 4.78 is 20.7. The van der Waals surface area contributed by atoms with Crippen LogP contribution >= 0.6 is 0 Å². The zero-order valence-electron chi connectivity index (χ0n) is 10.1. The molecule has 1 unspecified atom stereocenters. The molecule has 1 atom stereocenters. The second-order valence-corrected chi connectivity index (χ2v) is 4.46. The Morgan fingerprint density at radius 2 is 1.88 bits per heavy atom. The van der Waals surface area contributed by atoms with Crippen molar-refractivity contribution in [3.8, 4) is 0 Å². The van der Waals surface area contributed by atoms with Crippen LogP contribution in [0, 0.1) is 0 Å². The van der Waals surface area contributed by atoms with E-state index in [9.17, 15) is 4.79 Å². The average Bonchev–Trinajstić information content (AvgIpc) is 2.31. The van der Waals surface area contributed by atoms with E-state index in [0.29, 0.717) is 10.2 Å². The van der Waals surface area contributed by atoms with Gasteiger partial charge in [-0.1, -0.05) is 6.58 Å². The molecule has 6 nitrogen and oxygen atoms in total. The molecule has 0 bridgehead atoms. The minimum Gasteiger partial charge on any atom is -0.429 e. The van der Waals surface area contributed by atoms with E-state index in [-0.39, 0.29) is 6.54 Å². The first-order valence-corrected chi connectivity index (χ1v) is 5.66. The van der Waals surface area contributed by atoms with E-state index in [0.717, 1.165) is 6.08 Å². The van der Waals surface area contributed by atoms with Crippen LogP contribution in [-0.4, -0.2) is 55.3 Å². The summed E-state index contributed by atoms with van der Waals surface area (Å²) >= 11 is 0. The minimum atomic E-state index is -1.32. The molecule has 0 aliphatic heterocycles. The maximum Gasteiger partial charge on any atom is 0.332 e. The van der Waals surface area contributed by atoms with Crippen molar-refractivity contribution in [3.05, 3.63) is 12.7 Å². The third-order valence-electron chi connectivity index (χ3n) is 2.47. The lowest BCUT2D eigenvalue weighted by molar-refractivity contribution is -0.339. The fourth-order valence-electron chi connectivity index (χ4n) is 1.31. The summed E-state index contributed by atoms with van der Waals surface area (Å²) in [6.45, 7) is 3.30. The molecule has 0 saturated carbocycles. The molecule has 0 amide bonds. The molecule has 0 rings (SSSR count). The summed E-state index contributed by atoms with van der Waals surface area (Å²) in [5.74, 6) is -1.93. The number of esters is 1. The maximum atomic E-state index is 11.2. The van der Waals surface area contributed by atoms with Gasteiger partial charge in [-0.15, -0.1) is 0 Å². The number of hydrogen-bond donors (Lipinski definition) is 1. The van der Waals surface area contributed by atoms with Crippen molar-refractivity contribution in [3.63, 3.8) is 0 Å². The molecule has 0 aromatic carbocycles. The van der Waals surface area contributed by atoms with Crippen molar-refractivity contribution < 1.29 is 23.7 Å². The van der Waals surface area contributed by atoms with Gasteiger partial charge in [0.05, 0.1) is 6.54 Å². The van der Waals surface area contributed by atoms with Gasteiger partial charge in [0.2, 0.25) is 11.2 Å². The molecule has 16 heavy (non-hydrogen) atoms. The van der Waals surface area contributed by atoms with Crippen LogP contribution in [0.25, 0.3) is 0 Å². The van der Waals surface area contributed by atoms with Gasteiger partial charge < -0.3 is 24.7 Å². The molecule has 0 radical (unpaired) electrons. The van der Waals surface area contributed by atoms with Gasteiger partial charge in [-0.2, -0.15) is 0 Å². The topological polar surface area (TPSA) is 80.0 Å². The molecule has 2 N–H and O–H groups in total. The van der Waals surface area contributed by atoms with Crippen LogP contribution in [0.5, 0.6) is 0 Å². The summed E-state index contributed by atoms with van der Waals surface area (Å²) in [5.41, 5.74) is 4.26. The summed E-state index contributed by atoms with van der Waals surface area (Å²) in [6, 6.07) is 0. The summed E-state index contributed by atoms with van der Waals surface area (Å²) in [6.07, 6.45) is 1.04. The van der Waals surface area contributed by atoms with Crippen molar-refractivity contribution in [1.29, 1.82) is 0 Å². The molecule has 0 aliphatic rings.